The van der Waals surface area contributed by atoms with Crippen LogP contribution in [-0.4, -0.2) is 70.3 Å². The molecule has 0 bridgehead atoms. The zero-order valence-corrected chi connectivity index (χ0v) is 18.7. The molecule has 1 aliphatic heterocycles. The summed E-state index contributed by atoms with van der Waals surface area (Å²) in [5.41, 5.74) is 1.31. The second kappa shape index (κ2) is 12.8. The number of carbonyl (C=O) groups excluding carboxylic acids is 1. The lowest BCUT2D eigenvalue weighted by Crippen LogP contribution is -2.41. The van der Waals surface area contributed by atoms with Gasteiger partial charge in [-0.1, -0.05) is 12.1 Å². The summed E-state index contributed by atoms with van der Waals surface area (Å²) in [6.45, 7) is 5.75. The normalized spacial score (nSPS) is 16.6. The molecule has 1 fully saturated rings. The Hall–Kier alpha value is -1.55. The summed E-state index contributed by atoms with van der Waals surface area (Å²) in [6, 6.07) is 8.25. The lowest BCUT2D eigenvalue weighted by molar-refractivity contribution is -0.119. The maximum absolute atomic E-state index is 11.9. The van der Waals surface area contributed by atoms with Crippen molar-refractivity contribution in [3.8, 4) is 5.75 Å². The van der Waals surface area contributed by atoms with E-state index in [1.807, 2.05) is 19.1 Å². The number of halogens is 1. The van der Waals surface area contributed by atoms with Crippen molar-refractivity contribution in [1.82, 2.24) is 15.5 Å². The van der Waals surface area contributed by atoms with Crippen LogP contribution in [0.4, 0.5) is 0 Å². The quantitative estimate of drug-likeness (QED) is 0.252. The zero-order valence-electron chi connectivity index (χ0n) is 16.4. The number of amides is 1. The maximum Gasteiger partial charge on any atom is 0.241 e. The number of nitrogens with zero attached hydrogens (tertiary/aromatic N) is 2. The highest BCUT2D eigenvalue weighted by Gasteiger charge is 2.26. The van der Waals surface area contributed by atoms with Crippen molar-refractivity contribution in [2.75, 3.05) is 53.6 Å². The number of hydrogen-bond donors (Lipinski definition) is 2. The minimum absolute atomic E-state index is 0. The summed E-state index contributed by atoms with van der Waals surface area (Å²) >= 11 is 0. The van der Waals surface area contributed by atoms with Gasteiger partial charge in [0.25, 0.3) is 0 Å². The Morgan fingerprint density at radius 3 is 2.63 bits per heavy atom. The lowest BCUT2D eigenvalue weighted by atomic mass is 9.98. The molecule has 0 spiro atoms. The van der Waals surface area contributed by atoms with Gasteiger partial charge in [0, 0.05) is 39.2 Å². The van der Waals surface area contributed by atoms with Gasteiger partial charge in [-0.05, 0) is 31.0 Å². The summed E-state index contributed by atoms with van der Waals surface area (Å²) < 4.78 is 10.2. The van der Waals surface area contributed by atoms with Gasteiger partial charge in [0.15, 0.2) is 5.96 Å². The van der Waals surface area contributed by atoms with Crippen LogP contribution >= 0.6 is 24.0 Å². The van der Waals surface area contributed by atoms with Crippen LogP contribution in [0.15, 0.2) is 29.3 Å². The predicted octanol–water partition coefficient (Wildman–Crippen LogP) is 1.83. The largest absolute Gasteiger partial charge is 0.497 e. The van der Waals surface area contributed by atoms with Gasteiger partial charge in [0.05, 0.1) is 13.7 Å². The van der Waals surface area contributed by atoms with Gasteiger partial charge < -0.3 is 25.0 Å². The van der Waals surface area contributed by atoms with E-state index in [0.717, 1.165) is 37.8 Å². The van der Waals surface area contributed by atoms with Gasteiger partial charge in [-0.25, -0.2) is 4.99 Å². The Morgan fingerprint density at radius 1 is 1.26 bits per heavy atom. The third kappa shape index (κ3) is 7.53. The molecule has 0 saturated carbocycles. The van der Waals surface area contributed by atoms with Crippen LogP contribution in [0.5, 0.6) is 5.75 Å². The van der Waals surface area contributed by atoms with Crippen LogP contribution in [0.25, 0.3) is 0 Å². The standard InChI is InChI=1S/C19H30N4O3.HI/c1-4-20-19(22-13-18(24)21-10-12-25-2)23-11-9-16(14-23)15-5-7-17(26-3)8-6-15;/h5-8,16H,4,9-14H2,1-3H3,(H,20,22)(H,21,24);1H. The molecule has 2 N–H and O–H groups in total. The summed E-state index contributed by atoms with van der Waals surface area (Å²) in [5, 5.41) is 6.08. The third-order valence-corrected chi connectivity index (χ3v) is 4.41. The molecular weight excluding hydrogens is 459 g/mol. The first-order chi connectivity index (χ1) is 12.7. The van der Waals surface area contributed by atoms with Crippen LogP contribution in [-0.2, 0) is 9.53 Å². The number of carbonyl (C=O) groups is 1. The first-order valence-corrected chi connectivity index (χ1v) is 9.10. The number of aliphatic imine (C=N–C) groups is 1. The fraction of sp³-hybridized carbons (Fsp3) is 0.579. The van der Waals surface area contributed by atoms with E-state index in [4.69, 9.17) is 9.47 Å². The molecule has 1 aromatic rings. The molecule has 7 nitrogen and oxygen atoms in total. The van der Waals surface area contributed by atoms with E-state index in [9.17, 15) is 4.79 Å². The Balaban J connectivity index is 0.00000364. The molecule has 0 radical (unpaired) electrons. The smallest absolute Gasteiger partial charge is 0.241 e. The van der Waals surface area contributed by atoms with E-state index in [2.05, 4.69) is 32.7 Å². The highest BCUT2D eigenvalue weighted by Crippen LogP contribution is 2.28. The predicted molar refractivity (Wildman–Crippen MR) is 118 cm³/mol. The van der Waals surface area contributed by atoms with E-state index in [1.54, 1.807) is 14.2 Å². The van der Waals surface area contributed by atoms with Crippen molar-refractivity contribution in [3.05, 3.63) is 29.8 Å². The minimum Gasteiger partial charge on any atom is -0.497 e. The molecule has 1 aliphatic rings. The molecule has 1 atom stereocenters. The maximum atomic E-state index is 11.9. The molecule has 8 heteroatoms. The van der Waals surface area contributed by atoms with Crippen LogP contribution < -0.4 is 15.4 Å². The molecule has 1 amide bonds. The molecule has 0 aliphatic carbocycles. The SMILES string of the molecule is CCNC(=NCC(=O)NCCOC)N1CCC(c2ccc(OC)cc2)C1.I. The second-order valence-electron chi connectivity index (χ2n) is 6.22. The first-order valence-electron chi connectivity index (χ1n) is 9.10. The monoisotopic (exact) mass is 490 g/mol. The number of benzene rings is 1. The van der Waals surface area contributed by atoms with Gasteiger partial charge in [-0.3, -0.25) is 4.79 Å². The van der Waals surface area contributed by atoms with Crippen LogP contribution in [0.2, 0.25) is 0 Å². The number of rotatable bonds is 8. The van der Waals surface area contributed by atoms with E-state index in [1.165, 1.54) is 5.56 Å². The number of hydrogen-bond acceptors (Lipinski definition) is 4. The van der Waals surface area contributed by atoms with E-state index in [0.29, 0.717) is 19.1 Å². The number of nitrogens with one attached hydrogen (secondary N) is 2. The number of methoxy groups -OCH3 is 2. The first kappa shape index (κ1) is 23.5. The van der Waals surface area contributed by atoms with Crippen molar-refractivity contribution < 1.29 is 14.3 Å². The Bertz CT molecular complexity index is 595. The number of likely N-dealkylation sites (tertiary alicyclic amines) is 1. The molecule has 27 heavy (non-hydrogen) atoms. The van der Waals surface area contributed by atoms with Crippen molar-refractivity contribution in [1.29, 1.82) is 0 Å². The van der Waals surface area contributed by atoms with Gasteiger partial charge in [0.2, 0.25) is 5.91 Å². The highest BCUT2D eigenvalue weighted by molar-refractivity contribution is 14.0. The van der Waals surface area contributed by atoms with Crippen molar-refractivity contribution in [3.63, 3.8) is 0 Å². The molecule has 2 rings (SSSR count). The molecule has 1 aromatic carbocycles. The molecule has 0 aromatic heterocycles. The topological polar surface area (TPSA) is 75.2 Å². The third-order valence-electron chi connectivity index (χ3n) is 4.41. The zero-order chi connectivity index (χ0) is 18.8. The lowest BCUT2D eigenvalue weighted by Gasteiger charge is -2.21. The minimum atomic E-state index is -0.0941. The van der Waals surface area contributed by atoms with Gasteiger partial charge in [0.1, 0.15) is 12.3 Å². The highest BCUT2D eigenvalue weighted by atomic mass is 127. The van der Waals surface area contributed by atoms with Gasteiger partial charge >= 0.3 is 0 Å². The van der Waals surface area contributed by atoms with Crippen molar-refractivity contribution in [2.45, 2.75) is 19.3 Å². The van der Waals surface area contributed by atoms with Crippen molar-refractivity contribution in [2.24, 2.45) is 4.99 Å². The Kier molecular flexibility index (Phi) is 11.1. The average molecular weight is 490 g/mol. The number of ether oxygens (including phenoxy) is 2. The molecule has 1 saturated heterocycles. The summed E-state index contributed by atoms with van der Waals surface area (Å²) in [7, 11) is 3.29. The van der Waals surface area contributed by atoms with Crippen LogP contribution in [0.3, 0.4) is 0 Å². The number of guanidine groups is 1. The van der Waals surface area contributed by atoms with E-state index >= 15 is 0 Å². The van der Waals surface area contributed by atoms with E-state index < -0.39 is 0 Å². The Labute approximate surface area is 178 Å². The molecule has 1 heterocycles. The molecule has 1 unspecified atom stereocenters. The average Bonchev–Trinajstić information content (AvgIpc) is 3.15. The Morgan fingerprint density at radius 2 is 2.00 bits per heavy atom. The van der Waals surface area contributed by atoms with Gasteiger partial charge in [-0.2, -0.15) is 0 Å². The van der Waals surface area contributed by atoms with Gasteiger partial charge in [-0.15, -0.1) is 24.0 Å². The second-order valence-corrected chi connectivity index (χ2v) is 6.22. The fourth-order valence-electron chi connectivity index (χ4n) is 3.02. The summed E-state index contributed by atoms with van der Waals surface area (Å²) in [4.78, 5) is 18.6. The van der Waals surface area contributed by atoms with Crippen LogP contribution in [0.1, 0.15) is 24.8 Å². The van der Waals surface area contributed by atoms with Crippen LogP contribution in [0, 0.1) is 0 Å². The molecular formula is C19H31IN4O3. The fourth-order valence-corrected chi connectivity index (χ4v) is 3.02. The summed E-state index contributed by atoms with van der Waals surface area (Å²) in [5.74, 6) is 2.03. The summed E-state index contributed by atoms with van der Waals surface area (Å²) in [6.07, 6.45) is 1.07. The van der Waals surface area contributed by atoms with E-state index in [-0.39, 0.29) is 36.4 Å². The van der Waals surface area contributed by atoms with Crippen molar-refractivity contribution >= 4 is 35.8 Å². The molecule has 152 valence electrons.